The lowest BCUT2D eigenvalue weighted by atomic mass is 10.2. The molecule has 0 saturated heterocycles. The Morgan fingerprint density at radius 2 is 1.86 bits per heavy atom. The van der Waals surface area contributed by atoms with Gasteiger partial charge in [0.2, 0.25) is 6.20 Å². The van der Waals surface area contributed by atoms with E-state index in [0.717, 1.165) is 6.20 Å². The third-order valence-electron chi connectivity index (χ3n) is 1.49. The summed E-state index contributed by atoms with van der Waals surface area (Å²) in [4.78, 5) is 9.47. The highest BCUT2D eigenvalue weighted by molar-refractivity contribution is 6.39. The van der Waals surface area contributed by atoms with Gasteiger partial charge in [-0.2, -0.15) is 0 Å². The van der Waals surface area contributed by atoms with E-state index in [1.807, 2.05) is 0 Å². The van der Waals surface area contributed by atoms with Gasteiger partial charge in [0.15, 0.2) is 0 Å². The molecular weight excluding hydrogens is 227 g/mol. The molecule has 14 heavy (non-hydrogen) atoms. The zero-order chi connectivity index (χ0) is 10.7. The third-order valence-corrected chi connectivity index (χ3v) is 2.12. The summed E-state index contributed by atoms with van der Waals surface area (Å²) < 4.78 is 0. The quantitative estimate of drug-likeness (QED) is 0.485. The van der Waals surface area contributed by atoms with E-state index in [9.17, 15) is 10.1 Å². The fourth-order valence-corrected chi connectivity index (χ4v) is 1.35. The van der Waals surface area contributed by atoms with Crippen LogP contribution in [0, 0.1) is 10.1 Å². The summed E-state index contributed by atoms with van der Waals surface area (Å²) in [5, 5.41) is 10.6. The van der Waals surface area contributed by atoms with E-state index in [1.54, 1.807) is 0 Å². The van der Waals surface area contributed by atoms with Crippen LogP contribution in [-0.4, -0.2) is 4.92 Å². The minimum Gasteiger partial charge on any atom is -0.396 e. The average molecular weight is 233 g/mol. The molecule has 0 radical (unpaired) electrons. The highest BCUT2D eigenvalue weighted by Crippen LogP contribution is 2.29. The van der Waals surface area contributed by atoms with Crippen LogP contribution in [0.2, 0.25) is 10.0 Å². The van der Waals surface area contributed by atoms with Gasteiger partial charge in [-0.15, -0.1) is 0 Å². The number of nitrogens with two attached hydrogens (primary N) is 1. The van der Waals surface area contributed by atoms with Crippen LogP contribution in [0.4, 0.5) is 5.69 Å². The molecule has 0 bridgehead atoms. The Kier molecular flexibility index (Phi) is 3.33. The van der Waals surface area contributed by atoms with Crippen molar-refractivity contribution in [3.8, 4) is 0 Å². The van der Waals surface area contributed by atoms with Crippen molar-refractivity contribution in [3.63, 3.8) is 0 Å². The largest absolute Gasteiger partial charge is 0.396 e. The Morgan fingerprint density at radius 3 is 2.29 bits per heavy atom. The molecule has 0 heterocycles. The normalized spacial score (nSPS) is 10.7. The Morgan fingerprint density at radius 1 is 1.36 bits per heavy atom. The number of nitrogens with zero attached hydrogens (tertiary/aromatic N) is 1. The molecule has 74 valence electrons. The SMILES string of the molecule is Nc1c(Cl)cc(/C=C/[N+](=O)[O-])cc1Cl. The van der Waals surface area contributed by atoms with Crippen molar-refractivity contribution >= 4 is 35.0 Å². The van der Waals surface area contributed by atoms with E-state index in [0.29, 0.717) is 5.56 Å². The van der Waals surface area contributed by atoms with Crippen LogP contribution in [0.25, 0.3) is 6.08 Å². The Hall–Kier alpha value is -1.26. The topological polar surface area (TPSA) is 69.2 Å². The highest BCUT2D eigenvalue weighted by atomic mass is 35.5. The number of benzene rings is 1. The fourth-order valence-electron chi connectivity index (χ4n) is 0.847. The van der Waals surface area contributed by atoms with Gasteiger partial charge in [0, 0.05) is 6.08 Å². The van der Waals surface area contributed by atoms with Crippen LogP contribution in [0.15, 0.2) is 18.3 Å². The van der Waals surface area contributed by atoms with Crippen molar-refractivity contribution < 1.29 is 4.92 Å². The number of anilines is 1. The molecule has 2 N–H and O–H groups in total. The highest BCUT2D eigenvalue weighted by Gasteiger charge is 2.03. The first-order valence-corrected chi connectivity index (χ1v) is 4.32. The number of hydrogen-bond donors (Lipinski definition) is 1. The van der Waals surface area contributed by atoms with Crippen LogP contribution < -0.4 is 5.73 Å². The van der Waals surface area contributed by atoms with Crippen molar-refractivity contribution in [2.24, 2.45) is 0 Å². The number of halogens is 2. The molecular formula is C8H6Cl2N2O2. The first-order valence-electron chi connectivity index (χ1n) is 3.57. The van der Waals surface area contributed by atoms with E-state index in [4.69, 9.17) is 28.9 Å². The van der Waals surface area contributed by atoms with Crippen LogP contribution in [0.3, 0.4) is 0 Å². The molecule has 0 fully saturated rings. The van der Waals surface area contributed by atoms with E-state index >= 15 is 0 Å². The predicted octanol–water partition coefficient (Wildman–Crippen LogP) is 2.82. The maximum atomic E-state index is 10.0. The summed E-state index contributed by atoms with van der Waals surface area (Å²) >= 11 is 11.4. The second-order valence-electron chi connectivity index (χ2n) is 2.50. The van der Waals surface area contributed by atoms with Crippen molar-refractivity contribution in [2.45, 2.75) is 0 Å². The number of hydrogen-bond acceptors (Lipinski definition) is 3. The van der Waals surface area contributed by atoms with Gasteiger partial charge >= 0.3 is 0 Å². The van der Waals surface area contributed by atoms with Gasteiger partial charge < -0.3 is 5.73 Å². The van der Waals surface area contributed by atoms with Gasteiger partial charge in [-0.25, -0.2) is 0 Å². The van der Waals surface area contributed by atoms with Crippen molar-refractivity contribution in [3.05, 3.63) is 44.1 Å². The van der Waals surface area contributed by atoms with E-state index in [1.165, 1.54) is 18.2 Å². The van der Waals surface area contributed by atoms with E-state index in [-0.39, 0.29) is 15.7 Å². The van der Waals surface area contributed by atoms with Gasteiger partial charge in [0.25, 0.3) is 0 Å². The molecule has 4 nitrogen and oxygen atoms in total. The first kappa shape index (κ1) is 10.8. The van der Waals surface area contributed by atoms with Crippen molar-refractivity contribution in [1.29, 1.82) is 0 Å². The predicted molar refractivity (Wildman–Crippen MR) is 56.9 cm³/mol. The van der Waals surface area contributed by atoms with E-state index in [2.05, 4.69) is 0 Å². The Labute approximate surface area is 90.1 Å². The molecule has 0 unspecified atom stereocenters. The fraction of sp³-hybridized carbons (Fsp3) is 0. The molecule has 1 aromatic rings. The molecule has 0 aromatic heterocycles. The summed E-state index contributed by atoms with van der Waals surface area (Å²) in [6.07, 6.45) is 2.09. The monoisotopic (exact) mass is 232 g/mol. The van der Waals surface area contributed by atoms with E-state index < -0.39 is 4.92 Å². The van der Waals surface area contributed by atoms with Gasteiger partial charge in [-0.1, -0.05) is 23.2 Å². The van der Waals surface area contributed by atoms with Gasteiger partial charge in [0.1, 0.15) is 0 Å². The van der Waals surface area contributed by atoms with Crippen LogP contribution in [0.1, 0.15) is 5.56 Å². The lowest BCUT2D eigenvalue weighted by molar-refractivity contribution is -0.400. The molecule has 0 atom stereocenters. The first-order chi connectivity index (χ1) is 6.50. The van der Waals surface area contributed by atoms with Gasteiger partial charge in [-0.05, 0) is 17.7 Å². The van der Waals surface area contributed by atoms with Gasteiger partial charge in [-0.3, -0.25) is 10.1 Å². The van der Waals surface area contributed by atoms with Crippen molar-refractivity contribution in [2.75, 3.05) is 5.73 Å². The maximum absolute atomic E-state index is 10.0. The van der Waals surface area contributed by atoms with Crippen LogP contribution in [0.5, 0.6) is 0 Å². The lowest BCUT2D eigenvalue weighted by Crippen LogP contribution is -1.89. The molecule has 0 amide bonds. The Balaban J connectivity index is 3.07. The summed E-state index contributed by atoms with van der Waals surface area (Å²) in [5.41, 5.74) is 6.29. The number of nitro groups is 1. The zero-order valence-corrected chi connectivity index (χ0v) is 8.42. The second-order valence-corrected chi connectivity index (χ2v) is 3.31. The Bertz CT molecular complexity index is 381. The maximum Gasteiger partial charge on any atom is 0.235 e. The molecule has 1 rings (SSSR count). The third kappa shape index (κ3) is 2.61. The summed E-state index contributed by atoms with van der Waals surface area (Å²) in [6, 6.07) is 3.01. The van der Waals surface area contributed by atoms with Crippen LogP contribution >= 0.6 is 23.2 Å². The lowest BCUT2D eigenvalue weighted by Gasteiger charge is -2.01. The molecule has 0 aliphatic rings. The van der Waals surface area contributed by atoms with Crippen LogP contribution in [-0.2, 0) is 0 Å². The summed E-state index contributed by atoms with van der Waals surface area (Å²) in [6.45, 7) is 0. The van der Waals surface area contributed by atoms with Crippen molar-refractivity contribution in [1.82, 2.24) is 0 Å². The second kappa shape index (κ2) is 4.30. The average Bonchev–Trinajstić information content (AvgIpc) is 2.10. The molecule has 1 aromatic carbocycles. The molecule has 0 aliphatic carbocycles. The number of nitrogen functional groups attached to an aromatic ring is 1. The summed E-state index contributed by atoms with van der Waals surface area (Å²) in [7, 11) is 0. The minimum atomic E-state index is -0.571. The molecule has 6 heteroatoms. The van der Waals surface area contributed by atoms with Gasteiger partial charge in [0.05, 0.1) is 20.7 Å². The molecule has 0 aliphatic heterocycles. The molecule has 0 spiro atoms. The minimum absolute atomic E-state index is 0.270. The summed E-state index contributed by atoms with van der Waals surface area (Å²) in [5.74, 6) is 0. The standard InChI is InChI=1S/C8H6Cl2N2O2/c9-6-3-5(1-2-12(13)14)4-7(10)8(6)11/h1-4H,11H2/b2-1+. The molecule has 0 saturated carbocycles. The zero-order valence-electron chi connectivity index (χ0n) is 6.91. The number of rotatable bonds is 2. The smallest absolute Gasteiger partial charge is 0.235 e.